The standard InChI is InChI=1S/C7H6ClNOS/c1-2-3-10-7-9-6(4-8)5-11-7/h1,5H,3-4H2. The number of nitrogens with zero attached hydrogens (tertiary/aromatic N) is 1. The third-order valence-corrected chi connectivity index (χ3v) is 2.02. The first-order valence-corrected chi connectivity index (χ1v) is 4.35. The summed E-state index contributed by atoms with van der Waals surface area (Å²) in [4.78, 5) is 4.04. The third-order valence-electron chi connectivity index (χ3n) is 0.947. The summed E-state index contributed by atoms with van der Waals surface area (Å²) in [6.45, 7) is 0.259. The number of rotatable bonds is 3. The summed E-state index contributed by atoms with van der Waals surface area (Å²) in [6, 6.07) is 0. The monoisotopic (exact) mass is 187 g/mol. The minimum atomic E-state index is 0.259. The van der Waals surface area contributed by atoms with E-state index in [2.05, 4.69) is 10.9 Å². The molecule has 0 atom stereocenters. The number of aromatic nitrogens is 1. The fourth-order valence-electron chi connectivity index (χ4n) is 0.519. The average Bonchev–Trinajstić information content (AvgIpc) is 2.48. The molecule has 58 valence electrons. The van der Waals surface area contributed by atoms with Gasteiger partial charge in [0.1, 0.15) is 0 Å². The molecule has 1 aromatic heterocycles. The molecule has 0 bridgehead atoms. The van der Waals surface area contributed by atoms with Crippen LogP contribution in [0.3, 0.4) is 0 Å². The molecule has 0 saturated carbocycles. The molecule has 2 nitrogen and oxygen atoms in total. The Kier molecular flexibility index (Phi) is 3.21. The summed E-state index contributed by atoms with van der Waals surface area (Å²) in [5, 5.41) is 2.43. The summed E-state index contributed by atoms with van der Waals surface area (Å²) in [5.74, 6) is 2.77. The van der Waals surface area contributed by atoms with Crippen LogP contribution in [-0.2, 0) is 5.88 Å². The van der Waals surface area contributed by atoms with Crippen molar-refractivity contribution in [2.75, 3.05) is 6.61 Å². The highest BCUT2D eigenvalue weighted by molar-refractivity contribution is 7.11. The highest BCUT2D eigenvalue weighted by Gasteiger charge is 1.99. The Balaban J connectivity index is 2.53. The van der Waals surface area contributed by atoms with Gasteiger partial charge in [-0.2, -0.15) is 0 Å². The molecule has 0 aliphatic carbocycles. The third kappa shape index (κ3) is 2.41. The van der Waals surface area contributed by atoms with Crippen LogP contribution in [0.15, 0.2) is 5.38 Å². The molecule has 0 aliphatic heterocycles. The fourth-order valence-corrected chi connectivity index (χ4v) is 1.42. The Labute approximate surface area is 74.2 Å². The van der Waals surface area contributed by atoms with E-state index in [1.54, 1.807) is 0 Å². The molecule has 4 heteroatoms. The molecule has 0 N–H and O–H groups in total. The number of terminal acetylenes is 1. The molecule has 1 aromatic rings. The van der Waals surface area contributed by atoms with Crippen LogP contribution < -0.4 is 4.74 Å². The van der Waals surface area contributed by atoms with Crippen molar-refractivity contribution in [3.8, 4) is 17.5 Å². The first-order chi connectivity index (χ1) is 5.36. The van der Waals surface area contributed by atoms with Crippen molar-refractivity contribution in [1.82, 2.24) is 4.98 Å². The molecule has 0 radical (unpaired) electrons. The fraction of sp³-hybridized carbons (Fsp3) is 0.286. The van der Waals surface area contributed by atoms with Crippen LogP contribution in [0, 0.1) is 12.3 Å². The van der Waals surface area contributed by atoms with Gasteiger partial charge in [0.15, 0.2) is 6.61 Å². The lowest BCUT2D eigenvalue weighted by Crippen LogP contribution is -1.92. The van der Waals surface area contributed by atoms with Crippen molar-refractivity contribution >= 4 is 22.9 Å². The van der Waals surface area contributed by atoms with Crippen LogP contribution in [0.2, 0.25) is 0 Å². The van der Waals surface area contributed by atoms with E-state index in [1.807, 2.05) is 5.38 Å². The second-order valence-electron chi connectivity index (χ2n) is 1.73. The van der Waals surface area contributed by atoms with Crippen molar-refractivity contribution < 1.29 is 4.74 Å². The highest BCUT2D eigenvalue weighted by Crippen LogP contribution is 2.18. The van der Waals surface area contributed by atoms with Crippen LogP contribution in [-0.4, -0.2) is 11.6 Å². The molecule has 0 aliphatic rings. The minimum Gasteiger partial charge on any atom is -0.457 e. The van der Waals surface area contributed by atoms with Crippen molar-refractivity contribution in [3.63, 3.8) is 0 Å². The van der Waals surface area contributed by atoms with E-state index in [0.717, 1.165) is 5.69 Å². The van der Waals surface area contributed by atoms with Gasteiger partial charge in [-0.3, -0.25) is 0 Å². The molecule has 0 saturated heterocycles. The molecule has 1 heterocycles. The quantitative estimate of drug-likeness (QED) is 0.533. The predicted molar refractivity (Wildman–Crippen MR) is 46.0 cm³/mol. The number of ether oxygens (including phenoxy) is 1. The summed E-state index contributed by atoms with van der Waals surface area (Å²) in [5.41, 5.74) is 0.823. The Bertz CT molecular complexity index is 266. The van der Waals surface area contributed by atoms with Gasteiger partial charge in [0.05, 0.1) is 11.6 Å². The second-order valence-corrected chi connectivity index (χ2v) is 2.82. The number of hydrogen-bond donors (Lipinski definition) is 0. The molecule has 11 heavy (non-hydrogen) atoms. The summed E-state index contributed by atoms with van der Waals surface area (Å²) in [6.07, 6.45) is 4.99. The van der Waals surface area contributed by atoms with Gasteiger partial charge in [0.2, 0.25) is 0 Å². The lowest BCUT2D eigenvalue weighted by atomic mass is 10.6. The van der Waals surface area contributed by atoms with Gasteiger partial charge in [0.25, 0.3) is 5.19 Å². The van der Waals surface area contributed by atoms with Crippen molar-refractivity contribution in [2.24, 2.45) is 0 Å². The summed E-state index contributed by atoms with van der Waals surface area (Å²) >= 11 is 6.92. The van der Waals surface area contributed by atoms with Gasteiger partial charge in [0, 0.05) is 5.38 Å². The topological polar surface area (TPSA) is 22.1 Å². The van der Waals surface area contributed by atoms with Gasteiger partial charge in [-0.25, -0.2) is 4.98 Å². The Morgan fingerprint density at radius 3 is 3.18 bits per heavy atom. The number of thiazole rings is 1. The zero-order chi connectivity index (χ0) is 8.10. The van der Waals surface area contributed by atoms with Crippen LogP contribution >= 0.6 is 22.9 Å². The molecular formula is C7H6ClNOS. The van der Waals surface area contributed by atoms with E-state index in [4.69, 9.17) is 22.8 Å². The maximum atomic E-state index is 5.52. The Hall–Kier alpha value is -0.720. The van der Waals surface area contributed by atoms with E-state index >= 15 is 0 Å². The van der Waals surface area contributed by atoms with E-state index in [-0.39, 0.29) is 6.61 Å². The van der Waals surface area contributed by atoms with E-state index in [9.17, 15) is 0 Å². The van der Waals surface area contributed by atoms with Gasteiger partial charge < -0.3 is 4.74 Å². The molecule has 0 aromatic carbocycles. The second kappa shape index (κ2) is 4.22. The first-order valence-electron chi connectivity index (χ1n) is 2.93. The zero-order valence-electron chi connectivity index (χ0n) is 5.71. The van der Waals surface area contributed by atoms with Crippen LogP contribution in [0.5, 0.6) is 5.19 Å². The smallest absolute Gasteiger partial charge is 0.274 e. The molecule has 0 fully saturated rings. The van der Waals surface area contributed by atoms with Gasteiger partial charge in [-0.1, -0.05) is 17.3 Å². The molecule has 0 spiro atoms. The van der Waals surface area contributed by atoms with Crippen molar-refractivity contribution in [2.45, 2.75) is 5.88 Å². The SMILES string of the molecule is C#CCOc1nc(CCl)cs1. The lowest BCUT2D eigenvalue weighted by molar-refractivity contribution is 0.367. The predicted octanol–water partition coefficient (Wildman–Crippen LogP) is 1.89. The van der Waals surface area contributed by atoms with Crippen LogP contribution in [0.1, 0.15) is 5.69 Å². The average molecular weight is 188 g/mol. The van der Waals surface area contributed by atoms with Gasteiger partial charge in [-0.15, -0.1) is 18.0 Å². The Morgan fingerprint density at radius 2 is 2.64 bits per heavy atom. The van der Waals surface area contributed by atoms with Crippen LogP contribution in [0.4, 0.5) is 0 Å². The Morgan fingerprint density at radius 1 is 1.82 bits per heavy atom. The largest absolute Gasteiger partial charge is 0.457 e. The maximum absolute atomic E-state index is 5.52. The molecular weight excluding hydrogens is 182 g/mol. The minimum absolute atomic E-state index is 0.259. The van der Waals surface area contributed by atoms with Crippen molar-refractivity contribution in [1.29, 1.82) is 0 Å². The highest BCUT2D eigenvalue weighted by atomic mass is 35.5. The van der Waals surface area contributed by atoms with E-state index in [0.29, 0.717) is 11.1 Å². The zero-order valence-corrected chi connectivity index (χ0v) is 7.28. The molecule has 1 rings (SSSR count). The summed E-state index contributed by atoms with van der Waals surface area (Å²) < 4.78 is 5.05. The molecule has 0 amide bonds. The normalized spacial score (nSPS) is 9.09. The van der Waals surface area contributed by atoms with Crippen molar-refractivity contribution in [3.05, 3.63) is 11.1 Å². The maximum Gasteiger partial charge on any atom is 0.274 e. The van der Waals surface area contributed by atoms with Gasteiger partial charge in [-0.05, 0) is 0 Å². The lowest BCUT2D eigenvalue weighted by Gasteiger charge is -1.92. The van der Waals surface area contributed by atoms with E-state index < -0.39 is 0 Å². The first kappa shape index (κ1) is 8.38. The van der Waals surface area contributed by atoms with Crippen LogP contribution in [0.25, 0.3) is 0 Å². The number of hydrogen-bond acceptors (Lipinski definition) is 3. The molecule has 0 unspecified atom stereocenters. The number of alkyl halides is 1. The number of halogens is 1. The van der Waals surface area contributed by atoms with Gasteiger partial charge >= 0.3 is 0 Å². The summed E-state index contributed by atoms with van der Waals surface area (Å²) in [7, 11) is 0. The van der Waals surface area contributed by atoms with E-state index in [1.165, 1.54) is 11.3 Å².